The molecule has 132 valence electrons. The molecule has 0 saturated carbocycles. The zero-order chi connectivity index (χ0) is 18.7. The number of carbonyl (C=O) groups is 1. The van der Waals surface area contributed by atoms with Crippen LogP contribution in [0.5, 0.6) is 11.5 Å². The molecule has 0 aliphatic rings. The summed E-state index contributed by atoms with van der Waals surface area (Å²) in [5, 5.41) is 10.2. The summed E-state index contributed by atoms with van der Waals surface area (Å²) >= 11 is 0. The van der Waals surface area contributed by atoms with Gasteiger partial charge < -0.3 is 15.6 Å². The van der Waals surface area contributed by atoms with Crippen molar-refractivity contribution in [2.75, 3.05) is 0 Å². The number of rotatable bonds is 5. The van der Waals surface area contributed by atoms with Crippen LogP contribution in [0.4, 0.5) is 0 Å². The molecule has 0 saturated heterocycles. The van der Waals surface area contributed by atoms with Crippen LogP contribution in [0, 0.1) is 13.8 Å². The fourth-order valence-corrected chi connectivity index (χ4v) is 2.65. The molecule has 0 aliphatic heterocycles. The van der Waals surface area contributed by atoms with E-state index in [1.807, 2.05) is 45.9 Å². The van der Waals surface area contributed by atoms with Gasteiger partial charge in [0, 0.05) is 5.57 Å². The summed E-state index contributed by atoms with van der Waals surface area (Å²) in [4.78, 5) is 11.2. The normalized spacial score (nSPS) is 11.7. The van der Waals surface area contributed by atoms with Crippen molar-refractivity contribution in [2.24, 2.45) is 5.73 Å². The molecule has 4 nitrogen and oxygen atoms in total. The van der Waals surface area contributed by atoms with Crippen molar-refractivity contribution in [1.82, 2.24) is 0 Å². The minimum Gasteiger partial charge on any atom is -0.504 e. The highest BCUT2D eigenvalue weighted by atomic mass is 16.5. The third-order valence-corrected chi connectivity index (χ3v) is 4.01. The van der Waals surface area contributed by atoms with Crippen LogP contribution in [0.2, 0.25) is 0 Å². The minimum atomic E-state index is -0.424. The van der Waals surface area contributed by atoms with E-state index in [1.165, 1.54) is 0 Å². The number of hydrogen-bond donors (Lipinski definition) is 2. The first-order chi connectivity index (χ1) is 11.7. The van der Waals surface area contributed by atoms with Crippen LogP contribution >= 0.6 is 0 Å². The van der Waals surface area contributed by atoms with E-state index < -0.39 is 5.91 Å². The first-order valence-electron chi connectivity index (χ1n) is 8.28. The third-order valence-electron chi connectivity index (χ3n) is 4.01. The van der Waals surface area contributed by atoms with Crippen LogP contribution in [0.15, 0.2) is 35.9 Å². The van der Waals surface area contributed by atoms with Gasteiger partial charge >= 0.3 is 0 Å². The number of aromatic hydroxyl groups is 1. The lowest BCUT2D eigenvalue weighted by Gasteiger charge is -2.14. The number of hydrogen-bond acceptors (Lipinski definition) is 3. The van der Waals surface area contributed by atoms with E-state index in [4.69, 9.17) is 10.5 Å². The van der Waals surface area contributed by atoms with Crippen molar-refractivity contribution in [3.05, 3.63) is 52.6 Å². The zero-order valence-electron chi connectivity index (χ0n) is 15.4. The van der Waals surface area contributed by atoms with Crippen LogP contribution < -0.4 is 10.5 Å². The number of amides is 1. The quantitative estimate of drug-likeness (QED) is 0.795. The molecule has 25 heavy (non-hydrogen) atoms. The zero-order valence-corrected chi connectivity index (χ0v) is 15.4. The van der Waals surface area contributed by atoms with Crippen LogP contribution in [0.3, 0.4) is 0 Å². The number of phenols is 1. The summed E-state index contributed by atoms with van der Waals surface area (Å²) in [5.74, 6) is 0.174. The van der Waals surface area contributed by atoms with Crippen LogP contribution in [-0.2, 0) is 4.79 Å². The fraction of sp³-hybridized carbons (Fsp3) is 0.286. The second kappa shape index (κ2) is 7.43. The van der Waals surface area contributed by atoms with E-state index in [0.29, 0.717) is 11.3 Å². The summed E-state index contributed by atoms with van der Waals surface area (Å²) in [7, 11) is 0. The number of nitrogens with two attached hydrogens (primary N) is 1. The Labute approximate surface area is 148 Å². The molecule has 2 rings (SSSR count). The second-order valence-corrected chi connectivity index (χ2v) is 6.56. The molecular weight excluding hydrogens is 314 g/mol. The molecule has 0 bridgehead atoms. The molecule has 2 aromatic carbocycles. The lowest BCUT2D eigenvalue weighted by atomic mass is 9.94. The lowest BCUT2D eigenvalue weighted by Crippen LogP contribution is -2.11. The van der Waals surface area contributed by atoms with Gasteiger partial charge in [-0.3, -0.25) is 4.79 Å². The maximum absolute atomic E-state index is 11.2. The molecule has 4 heteroatoms. The Morgan fingerprint density at radius 1 is 1.16 bits per heavy atom. The predicted octanol–water partition coefficient (Wildman–Crippen LogP) is 4.35. The summed E-state index contributed by atoms with van der Waals surface area (Å²) in [5.41, 5.74) is 10.8. The molecule has 1 amide bonds. The van der Waals surface area contributed by atoms with Gasteiger partial charge in [0.2, 0.25) is 5.91 Å². The number of phenolic OH excluding ortho intramolecular Hbond substituents is 1. The van der Waals surface area contributed by atoms with Gasteiger partial charge in [-0.15, -0.1) is 0 Å². The summed E-state index contributed by atoms with van der Waals surface area (Å²) < 4.78 is 5.57. The van der Waals surface area contributed by atoms with Gasteiger partial charge in [0.15, 0.2) is 11.5 Å². The molecule has 0 radical (unpaired) electrons. The topological polar surface area (TPSA) is 72.6 Å². The number of carbonyl (C=O) groups excluding carboxylic acids is 1. The first-order valence-corrected chi connectivity index (χ1v) is 8.28. The Bertz CT molecular complexity index is 835. The van der Waals surface area contributed by atoms with Gasteiger partial charge in [0.1, 0.15) is 0 Å². The molecule has 0 heterocycles. The smallest absolute Gasteiger partial charge is 0.244 e. The molecule has 0 aromatic heterocycles. The Balaban J connectivity index is 2.44. The van der Waals surface area contributed by atoms with Gasteiger partial charge in [0.25, 0.3) is 0 Å². The highest BCUT2D eigenvalue weighted by molar-refractivity contribution is 5.96. The monoisotopic (exact) mass is 339 g/mol. The van der Waals surface area contributed by atoms with E-state index in [2.05, 4.69) is 0 Å². The fourth-order valence-electron chi connectivity index (χ4n) is 2.65. The van der Waals surface area contributed by atoms with Gasteiger partial charge in [-0.05, 0) is 80.6 Å². The average Bonchev–Trinajstić information content (AvgIpc) is 2.52. The highest BCUT2D eigenvalue weighted by Crippen LogP contribution is 2.34. The molecule has 0 spiro atoms. The van der Waals surface area contributed by atoms with Crippen molar-refractivity contribution in [2.45, 2.75) is 40.7 Å². The van der Waals surface area contributed by atoms with E-state index in [-0.39, 0.29) is 11.9 Å². The van der Waals surface area contributed by atoms with Crippen LogP contribution in [0.25, 0.3) is 17.2 Å². The molecular formula is C21H25NO3. The Morgan fingerprint density at radius 2 is 1.84 bits per heavy atom. The summed E-state index contributed by atoms with van der Waals surface area (Å²) in [6.45, 7) is 9.53. The third kappa shape index (κ3) is 4.41. The van der Waals surface area contributed by atoms with Crippen LogP contribution in [-0.4, -0.2) is 17.1 Å². The molecule has 3 N–H and O–H groups in total. The lowest BCUT2D eigenvalue weighted by molar-refractivity contribution is -0.114. The number of benzene rings is 2. The number of primary amides is 1. The molecule has 2 aromatic rings. The number of ether oxygens (including phenoxy) is 1. The van der Waals surface area contributed by atoms with Crippen molar-refractivity contribution < 1.29 is 14.6 Å². The van der Waals surface area contributed by atoms with Crippen LogP contribution in [0.1, 0.15) is 37.5 Å². The van der Waals surface area contributed by atoms with Crippen molar-refractivity contribution >= 4 is 12.0 Å². The van der Waals surface area contributed by atoms with E-state index in [9.17, 15) is 9.90 Å². The Kier molecular flexibility index (Phi) is 5.52. The maximum atomic E-state index is 11.2. The SMILES string of the molecule is C/C(=C\c1cc(C)c(-c2ccc(OC(C)C)c(O)c2)cc1C)C(N)=O. The van der Waals surface area contributed by atoms with E-state index >= 15 is 0 Å². The predicted molar refractivity (Wildman–Crippen MR) is 102 cm³/mol. The van der Waals surface area contributed by atoms with Crippen molar-refractivity contribution in [3.63, 3.8) is 0 Å². The van der Waals surface area contributed by atoms with Gasteiger partial charge in [-0.25, -0.2) is 0 Å². The molecule has 0 fully saturated rings. The second-order valence-electron chi connectivity index (χ2n) is 6.56. The number of aryl methyl sites for hydroxylation is 2. The summed E-state index contributed by atoms with van der Waals surface area (Å²) in [6, 6.07) is 9.50. The largest absolute Gasteiger partial charge is 0.504 e. The van der Waals surface area contributed by atoms with Crippen molar-refractivity contribution in [3.8, 4) is 22.6 Å². The van der Waals surface area contributed by atoms with E-state index in [1.54, 1.807) is 25.1 Å². The molecule has 0 unspecified atom stereocenters. The van der Waals surface area contributed by atoms with Crippen molar-refractivity contribution in [1.29, 1.82) is 0 Å². The van der Waals surface area contributed by atoms with Gasteiger partial charge in [0.05, 0.1) is 6.10 Å². The molecule has 0 atom stereocenters. The minimum absolute atomic E-state index is 0.000275. The van der Waals surface area contributed by atoms with Gasteiger partial charge in [-0.2, -0.15) is 0 Å². The highest BCUT2D eigenvalue weighted by Gasteiger charge is 2.11. The average molecular weight is 339 g/mol. The maximum Gasteiger partial charge on any atom is 0.244 e. The summed E-state index contributed by atoms with van der Waals surface area (Å²) in [6.07, 6.45) is 1.80. The van der Waals surface area contributed by atoms with Gasteiger partial charge in [-0.1, -0.05) is 18.2 Å². The Morgan fingerprint density at radius 3 is 2.40 bits per heavy atom. The standard InChI is InChI=1S/C21H25NO3/c1-12(2)25-20-7-6-16(11-19(20)23)18-10-13(3)17(8-14(18)4)9-15(5)21(22)24/h6-12,23H,1-5H3,(H2,22,24)/b15-9+. The Hall–Kier alpha value is -2.75. The van der Waals surface area contributed by atoms with E-state index in [0.717, 1.165) is 27.8 Å². The molecule has 0 aliphatic carbocycles. The first kappa shape index (κ1) is 18.6.